The van der Waals surface area contributed by atoms with Crippen LogP contribution >= 0.6 is 11.3 Å². The Balaban J connectivity index is 1.88. The summed E-state index contributed by atoms with van der Waals surface area (Å²) >= 11 is 1.01. The van der Waals surface area contributed by atoms with E-state index in [-0.39, 0.29) is 22.1 Å². The third-order valence-corrected chi connectivity index (χ3v) is 5.30. The van der Waals surface area contributed by atoms with Gasteiger partial charge >= 0.3 is 0 Å². The number of carbonyl (C=O) groups is 2. The van der Waals surface area contributed by atoms with Gasteiger partial charge in [-0.1, -0.05) is 17.7 Å². The van der Waals surface area contributed by atoms with Crippen LogP contribution in [0.1, 0.15) is 23.7 Å². The summed E-state index contributed by atoms with van der Waals surface area (Å²) in [6.07, 6.45) is 1.28. The molecule has 1 N–H and O–H groups in total. The number of rotatable bonds is 5. The topological polar surface area (TPSA) is 86.1 Å². The number of aromatic nitrogens is 1. The number of anilines is 3. The standard InChI is InChI=1S/C23H18F2N4O2S/c1-13-4-6-20(14(2)8-13)28-22(31)16(11-26)9-18-12-32-23(27-18)29(15(3)30)21-7-5-17(24)10-19(21)25/h4-10,12H,1-3H3,(H,28,31)/b16-9+. The lowest BCUT2D eigenvalue weighted by Crippen LogP contribution is -2.23. The number of amides is 2. The van der Waals surface area contributed by atoms with Crippen LogP contribution in [0, 0.1) is 36.8 Å². The van der Waals surface area contributed by atoms with Gasteiger partial charge < -0.3 is 5.32 Å². The van der Waals surface area contributed by atoms with E-state index in [9.17, 15) is 23.6 Å². The Morgan fingerprint density at radius 2 is 1.94 bits per heavy atom. The first kappa shape index (κ1) is 22.8. The third kappa shape index (κ3) is 5.04. The normalized spacial score (nSPS) is 11.1. The molecule has 0 aliphatic heterocycles. The quantitative estimate of drug-likeness (QED) is 0.422. The van der Waals surface area contributed by atoms with Crippen LogP contribution in [0.4, 0.5) is 25.3 Å². The number of benzene rings is 2. The summed E-state index contributed by atoms with van der Waals surface area (Å²) < 4.78 is 27.5. The molecule has 0 saturated carbocycles. The largest absolute Gasteiger partial charge is 0.321 e. The number of halogens is 2. The number of thiazole rings is 1. The van der Waals surface area contributed by atoms with Gasteiger partial charge in [0.05, 0.1) is 11.4 Å². The van der Waals surface area contributed by atoms with Crippen molar-refractivity contribution in [2.75, 3.05) is 10.2 Å². The Hall–Kier alpha value is -3.90. The van der Waals surface area contributed by atoms with E-state index in [1.807, 2.05) is 32.0 Å². The first-order valence-electron chi connectivity index (χ1n) is 9.41. The van der Waals surface area contributed by atoms with Gasteiger partial charge in [0.25, 0.3) is 5.91 Å². The van der Waals surface area contributed by atoms with Gasteiger partial charge in [0, 0.05) is 24.1 Å². The van der Waals surface area contributed by atoms with E-state index in [1.165, 1.54) is 18.4 Å². The Kier molecular flexibility index (Phi) is 6.76. The van der Waals surface area contributed by atoms with Gasteiger partial charge in [0.2, 0.25) is 5.91 Å². The Morgan fingerprint density at radius 1 is 1.19 bits per heavy atom. The maximum Gasteiger partial charge on any atom is 0.266 e. The summed E-state index contributed by atoms with van der Waals surface area (Å²) in [6, 6.07) is 10.2. The fraction of sp³-hybridized carbons (Fsp3) is 0.130. The van der Waals surface area contributed by atoms with E-state index in [0.29, 0.717) is 11.8 Å². The van der Waals surface area contributed by atoms with Crippen LogP contribution in [0.25, 0.3) is 6.08 Å². The Morgan fingerprint density at radius 3 is 2.56 bits per heavy atom. The highest BCUT2D eigenvalue weighted by Gasteiger charge is 2.22. The van der Waals surface area contributed by atoms with Crippen molar-refractivity contribution in [1.29, 1.82) is 5.26 Å². The fourth-order valence-corrected chi connectivity index (χ4v) is 3.79. The zero-order valence-electron chi connectivity index (χ0n) is 17.4. The molecule has 2 aromatic carbocycles. The number of carbonyl (C=O) groups excluding carboxylic acids is 2. The van der Waals surface area contributed by atoms with E-state index >= 15 is 0 Å². The number of nitriles is 1. The van der Waals surface area contributed by atoms with Gasteiger partial charge in [0.15, 0.2) is 5.13 Å². The number of hydrogen-bond donors (Lipinski definition) is 1. The van der Waals surface area contributed by atoms with Crippen LogP contribution in [-0.4, -0.2) is 16.8 Å². The first-order valence-corrected chi connectivity index (χ1v) is 10.3. The molecule has 0 unspecified atom stereocenters. The second kappa shape index (κ2) is 9.49. The molecule has 0 aliphatic carbocycles. The molecule has 0 saturated heterocycles. The molecular formula is C23H18F2N4O2S. The van der Waals surface area contributed by atoms with Crippen LogP contribution in [0.2, 0.25) is 0 Å². The molecule has 3 rings (SSSR count). The van der Waals surface area contributed by atoms with Crippen LogP contribution in [0.15, 0.2) is 47.4 Å². The summed E-state index contributed by atoms with van der Waals surface area (Å²) in [4.78, 5) is 29.9. The summed E-state index contributed by atoms with van der Waals surface area (Å²) in [7, 11) is 0. The van der Waals surface area contributed by atoms with E-state index in [2.05, 4.69) is 10.3 Å². The second-order valence-corrected chi connectivity index (χ2v) is 7.78. The number of nitrogens with zero attached hydrogens (tertiary/aromatic N) is 3. The van der Waals surface area contributed by atoms with Crippen LogP contribution in [-0.2, 0) is 9.59 Å². The maximum atomic E-state index is 14.2. The average molecular weight is 452 g/mol. The monoisotopic (exact) mass is 452 g/mol. The lowest BCUT2D eigenvalue weighted by atomic mass is 10.1. The van der Waals surface area contributed by atoms with E-state index in [4.69, 9.17) is 0 Å². The minimum Gasteiger partial charge on any atom is -0.321 e. The highest BCUT2D eigenvalue weighted by atomic mass is 32.1. The smallest absolute Gasteiger partial charge is 0.266 e. The molecule has 3 aromatic rings. The van der Waals surface area contributed by atoms with Crippen molar-refractivity contribution >= 4 is 45.7 Å². The van der Waals surface area contributed by atoms with Crippen LogP contribution < -0.4 is 10.2 Å². The Labute approximate surface area is 187 Å². The molecule has 0 fully saturated rings. The molecule has 2 amide bonds. The molecule has 0 aliphatic rings. The van der Waals surface area contributed by atoms with E-state index < -0.39 is 23.4 Å². The predicted molar refractivity (Wildman–Crippen MR) is 119 cm³/mol. The predicted octanol–water partition coefficient (Wildman–Crippen LogP) is 5.27. The lowest BCUT2D eigenvalue weighted by molar-refractivity contribution is -0.116. The van der Waals surface area contributed by atoms with Crippen molar-refractivity contribution < 1.29 is 18.4 Å². The average Bonchev–Trinajstić information content (AvgIpc) is 3.17. The summed E-state index contributed by atoms with van der Waals surface area (Å²) in [6.45, 7) is 4.99. The van der Waals surface area contributed by atoms with Crippen molar-refractivity contribution in [1.82, 2.24) is 4.98 Å². The molecule has 6 nitrogen and oxygen atoms in total. The van der Waals surface area contributed by atoms with Gasteiger partial charge in [-0.3, -0.25) is 14.5 Å². The molecule has 162 valence electrons. The number of aryl methyl sites for hydroxylation is 2. The van der Waals surface area contributed by atoms with E-state index in [0.717, 1.165) is 39.5 Å². The van der Waals surface area contributed by atoms with Crippen molar-refractivity contribution in [2.24, 2.45) is 0 Å². The minimum atomic E-state index is -0.918. The van der Waals surface area contributed by atoms with Crippen molar-refractivity contribution in [3.8, 4) is 6.07 Å². The number of nitrogens with one attached hydrogen (secondary N) is 1. The summed E-state index contributed by atoms with van der Waals surface area (Å²) in [5.74, 6) is -2.83. The zero-order valence-corrected chi connectivity index (χ0v) is 18.3. The SMILES string of the molecule is CC(=O)N(c1nc(/C=C(\C#N)C(=O)Nc2ccc(C)cc2C)cs1)c1ccc(F)cc1F. The minimum absolute atomic E-state index is 0.112. The van der Waals surface area contributed by atoms with Crippen molar-refractivity contribution in [3.05, 3.63) is 75.8 Å². The molecule has 0 bridgehead atoms. The van der Waals surface area contributed by atoms with Gasteiger partial charge in [-0.2, -0.15) is 5.26 Å². The number of hydrogen-bond acceptors (Lipinski definition) is 5. The Bertz CT molecular complexity index is 1280. The molecule has 0 atom stereocenters. The molecular weight excluding hydrogens is 434 g/mol. The first-order chi connectivity index (χ1) is 15.2. The van der Waals surface area contributed by atoms with Gasteiger partial charge in [-0.15, -0.1) is 11.3 Å². The summed E-state index contributed by atoms with van der Waals surface area (Å²) in [5.41, 5.74) is 2.37. The zero-order chi connectivity index (χ0) is 23.4. The molecule has 9 heteroatoms. The van der Waals surface area contributed by atoms with E-state index in [1.54, 1.807) is 6.07 Å². The third-order valence-electron chi connectivity index (χ3n) is 4.45. The summed E-state index contributed by atoms with van der Waals surface area (Å²) in [5, 5.41) is 13.8. The molecule has 1 heterocycles. The fourth-order valence-electron chi connectivity index (χ4n) is 2.96. The van der Waals surface area contributed by atoms with Gasteiger partial charge in [0.1, 0.15) is 23.3 Å². The van der Waals surface area contributed by atoms with Crippen molar-refractivity contribution in [3.63, 3.8) is 0 Å². The molecule has 0 spiro atoms. The molecule has 0 radical (unpaired) electrons. The van der Waals surface area contributed by atoms with Crippen LogP contribution in [0.3, 0.4) is 0 Å². The van der Waals surface area contributed by atoms with Gasteiger partial charge in [-0.25, -0.2) is 13.8 Å². The molecule has 1 aromatic heterocycles. The van der Waals surface area contributed by atoms with Crippen molar-refractivity contribution in [2.45, 2.75) is 20.8 Å². The maximum absolute atomic E-state index is 14.2. The van der Waals surface area contributed by atoms with Crippen LogP contribution in [0.5, 0.6) is 0 Å². The lowest BCUT2D eigenvalue weighted by Gasteiger charge is -2.18. The highest BCUT2D eigenvalue weighted by molar-refractivity contribution is 7.14. The second-order valence-electron chi connectivity index (χ2n) is 6.95. The molecule has 32 heavy (non-hydrogen) atoms. The van der Waals surface area contributed by atoms with Gasteiger partial charge in [-0.05, 0) is 43.7 Å². The highest BCUT2D eigenvalue weighted by Crippen LogP contribution is 2.31.